The Morgan fingerprint density at radius 3 is 2.53 bits per heavy atom. The van der Waals surface area contributed by atoms with E-state index in [0.717, 1.165) is 5.69 Å². The Kier molecular flexibility index (Phi) is 7.95. The van der Waals surface area contributed by atoms with Crippen LogP contribution in [0, 0.1) is 5.92 Å². The second-order valence-electron chi connectivity index (χ2n) is 8.66. The van der Waals surface area contributed by atoms with Crippen molar-refractivity contribution in [3.05, 3.63) is 23.8 Å². The van der Waals surface area contributed by atoms with E-state index in [0.29, 0.717) is 24.4 Å². The number of aliphatic hydroxyl groups excluding tert-OH is 1. The molecule has 1 heterocycles. The maximum absolute atomic E-state index is 13.3. The normalized spacial score (nSPS) is 20.0. The highest BCUT2D eigenvalue weighted by molar-refractivity contribution is 5.99. The number of rotatable bonds is 6. The fraction of sp³-hybridized carbons (Fsp3) is 0.636. The van der Waals surface area contributed by atoms with Gasteiger partial charge in [-0.15, -0.1) is 0 Å². The van der Waals surface area contributed by atoms with Gasteiger partial charge in [-0.1, -0.05) is 13.0 Å². The number of benzene rings is 1. The van der Waals surface area contributed by atoms with Crippen molar-refractivity contribution in [1.82, 2.24) is 15.1 Å². The van der Waals surface area contributed by atoms with Crippen molar-refractivity contribution in [2.24, 2.45) is 5.92 Å². The molecule has 0 spiro atoms. The molecule has 3 amide bonds. The third-order valence-electron chi connectivity index (χ3n) is 5.36. The van der Waals surface area contributed by atoms with E-state index < -0.39 is 0 Å². The standard InChI is InChI=1S/C22H36N4O4/c1-14(2)23-22(29)25(7)12-19-15(3)11-26(16(4)13-27)21(28)17-9-8-10-18(24(5)6)20(17)30-19/h8-10,14-16,19,27H,11-13H2,1-7H3,(H,23,29)/t15-,16-,19+/m0/s1. The van der Waals surface area contributed by atoms with Crippen molar-refractivity contribution in [3.8, 4) is 5.75 Å². The zero-order valence-corrected chi connectivity index (χ0v) is 19.2. The molecule has 0 radical (unpaired) electrons. The minimum Gasteiger partial charge on any atom is -0.485 e. The Bertz CT molecular complexity index is 753. The number of nitrogens with one attached hydrogen (secondary N) is 1. The molecule has 1 aliphatic rings. The van der Waals surface area contributed by atoms with Gasteiger partial charge in [0.05, 0.1) is 30.4 Å². The predicted molar refractivity (Wildman–Crippen MR) is 118 cm³/mol. The number of anilines is 1. The highest BCUT2D eigenvalue weighted by Crippen LogP contribution is 2.36. The molecular formula is C22H36N4O4. The van der Waals surface area contributed by atoms with Gasteiger partial charge in [-0.25, -0.2) is 4.79 Å². The lowest BCUT2D eigenvalue weighted by Crippen LogP contribution is -2.51. The minimum atomic E-state index is -0.325. The third-order valence-corrected chi connectivity index (χ3v) is 5.36. The fourth-order valence-corrected chi connectivity index (χ4v) is 3.51. The molecule has 1 aromatic carbocycles. The average Bonchev–Trinajstić information content (AvgIpc) is 2.68. The van der Waals surface area contributed by atoms with E-state index in [1.807, 2.05) is 58.8 Å². The van der Waals surface area contributed by atoms with Crippen LogP contribution in [0.3, 0.4) is 0 Å². The Labute approximate surface area is 179 Å². The lowest BCUT2D eigenvalue weighted by molar-refractivity contribution is 0.0368. The van der Waals surface area contributed by atoms with Crippen LogP contribution in [-0.2, 0) is 0 Å². The molecule has 0 saturated heterocycles. The summed E-state index contributed by atoms with van der Waals surface area (Å²) in [6.07, 6.45) is -0.325. The lowest BCUT2D eigenvalue weighted by Gasteiger charge is -2.39. The Morgan fingerprint density at radius 1 is 1.30 bits per heavy atom. The highest BCUT2D eigenvalue weighted by Gasteiger charge is 2.35. The number of carbonyl (C=O) groups is 2. The van der Waals surface area contributed by atoms with Crippen LogP contribution in [0.25, 0.3) is 0 Å². The number of aliphatic hydroxyl groups is 1. The van der Waals surface area contributed by atoms with Gasteiger partial charge in [0.2, 0.25) is 0 Å². The van der Waals surface area contributed by atoms with Crippen LogP contribution in [0.15, 0.2) is 18.2 Å². The Morgan fingerprint density at radius 2 is 1.97 bits per heavy atom. The van der Waals surface area contributed by atoms with Gasteiger partial charge >= 0.3 is 6.03 Å². The van der Waals surface area contributed by atoms with Crippen molar-refractivity contribution in [1.29, 1.82) is 0 Å². The second-order valence-corrected chi connectivity index (χ2v) is 8.66. The molecule has 3 atom stereocenters. The Hall–Kier alpha value is -2.48. The number of fused-ring (bicyclic) bond motifs is 1. The maximum Gasteiger partial charge on any atom is 0.317 e. The molecule has 1 aliphatic heterocycles. The van der Waals surface area contributed by atoms with Crippen LogP contribution in [0.4, 0.5) is 10.5 Å². The molecule has 168 valence electrons. The first kappa shape index (κ1) is 23.8. The summed E-state index contributed by atoms with van der Waals surface area (Å²) in [5, 5.41) is 12.6. The van der Waals surface area contributed by atoms with Gasteiger partial charge in [0.1, 0.15) is 6.10 Å². The number of likely N-dealkylation sites (N-methyl/N-ethyl adjacent to an activating group) is 1. The van der Waals surface area contributed by atoms with Crippen molar-refractivity contribution in [3.63, 3.8) is 0 Å². The SMILES string of the molecule is CC(C)NC(=O)N(C)C[C@H]1Oc2c(cccc2N(C)C)C(=O)N([C@@H](C)CO)C[C@@H]1C. The number of hydrogen-bond acceptors (Lipinski definition) is 5. The van der Waals surface area contributed by atoms with Gasteiger partial charge in [0, 0.05) is 39.6 Å². The van der Waals surface area contributed by atoms with Crippen LogP contribution in [-0.4, -0.2) is 85.9 Å². The van der Waals surface area contributed by atoms with Gasteiger partial charge in [0.25, 0.3) is 5.91 Å². The lowest BCUT2D eigenvalue weighted by atomic mass is 9.99. The van der Waals surface area contributed by atoms with Crippen LogP contribution >= 0.6 is 0 Å². The van der Waals surface area contributed by atoms with E-state index in [-0.39, 0.29) is 42.7 Å². The molecule has 0 unspecified atom stereocenters. The quantitative estimate of drug-likeness (QED) is 0.736. The first-order chi connectivity index (χ1) is 14.1. The molecule has 0 fully saturated rings. The zero-order chi connectivity index (χ0) is 22.6. The van der Waals surface area contributed by atoms with E-state index >= 15 is 0 Å². The fourth-order valence-electron chi connectivity index (χ4n) is 3.51. The summed E-state index contributed by atoms with van der Waals surface area (Å²) >= 11 is 0. The zero-order valence-electron chi connectivity index (χ0n) is 19.2. The highest BCUT2D eigenvalue weighted by atomic mass is 16.5. The molecule has 0 aromatic heterocycles. The average molecular weight is 421 g/mol. The number of nitrogens with zero attached hydrogens (tertiary/aromatic N) is 3. The van der Waals surface area contributed by atoms with Gasteiger partial charge in [-0.3, -0.25) is 4.79 Å². The predicted octanol–water partition coefficient (Wildman–Crippen LogP) is 2.02. The molecule has 0 aliphatic carbocycles. The number of urea groups is 1. The number of amides is 3. The molecular weight excluding hydrogens is 384 g/mol. The van der Waals surface area contributed by atoms with E-state index in [1.165, 1.54) is 0 Å². The summed E-state index contributed by atoms with van der Waals surface area (Å²) in [5.74, 6) is 0.295. The first-order valence-corrected chi connectivity index (χ1v) is 10.5. The van der Waals surface area contributed by atoms with Crippen LogP contribution < -0.4 is 15.0 Å². The van der Waals surface area contributed by atoms with Crippen molar-refractivity contribution in [2.45, 2.75) is 45.9 Å². The molecule has 1 aromatic rings. The molecule has 8 heteroatoms. The third kappa shape index (κ3) is 5.36. The summed E-state index contributed by atoms with van der Waals surface area (Å²) < 4.78 is 6.43. The molecule has 2 N–H and O–H groups in total. The summed E-state index contributed by atoms with van der Waals surface area (Å²) in [6, 6.07) is 5.04. The van der Waals surface area contributed by atoms with E-state index in [1.54, 1.807) is 22.9 Å². The van der Waals surface area contributed by atoms with Crippen LogP contribution in [0.2, 0.25) is 0 Å². The molecule has 8 nitrogen and oxygen atoms in total. The van der Waals surface area contributed by atoms with E-state index in [2.05, 4.69) is 5.32 Å². The monoisotopic (exact) mass is 420 g/mol. The van der Waals surface area contributed by atoms with Crippen LogP contribution in [0.5, 0.6) is 5.75 Å². The smallest absolute Gasteiger partial charge is 0.317 e. The van der Waals surface area contributed by atoms with Gasteiger partial charge in [-0.05, 0) is 32.9 Å². The van der Waals surface area contributed by atoms with E-state index in [4.69, 9.17) is 4.74 Å². The summed E-state index contributed by atoms with van der Waals surface area (Å²) in [6.45, 7) is 8.35. The topological polar surface area (TPSA) is 85.4 Å². The number of para-hydroxylation sites is 1. The summed E-state index contributed by atoms with van der Waals surface area (Å²) in [5.41, 5.74) is 1.26. The van der Waals surface area contributed by atoms with Gasteiger partial charge < -0.3 is 29.9 Å². The molecule has 2 rings (SSSR count). The molecule has 30 heavy (non-hydrogen) atoms. The number of hydrogen-bond donors (Lipinski definition) is 2. The van der Waals surface area contributed by atoms with E-state index in [9.17, 15) is 14.7 Å². The largest absolute Gasteiger partial charge is 0.485 e. The summed E-state index contributed by atoms with van der Waals surface area (Å²) in [4.78, 5) is 31.0. The summed E-state index contributed by atoms with van der Waals surface area (Å²) in [7, 11) is 5.54. The van der Waals surface area contributed by atoms with Crippen molar-refractivity contribution in [2.75, 3.05) is 45.7 Å². The maximum atomic E-state index is 13.3. The second kappa shape index (κ2) is 10.0. The van der Waals surface area contributed by atoms with Crippen molar-refractivity contribution < 1.29 is 19.4 Å². The minimum absolute atomic E-state index is 0.0372. The molecule has 0 bridgehead atoms. The number of carbonyl (C=O) groups excluding carboxylic acids is 2. The molecule has 0 saturated carbocycles. The first-order valence-electron chi connectivity index (χ1n) is 10.5. The Balaban J connectivity index is 2.45. The van der Waals surface area contributed by atoms with Gasteiger partial charge in [-0.2, -0.15) is 0 Å². The number of ether oxygens (including phenoxy) is 1. The van der Waals surface area contributed by atoms with Crippen molar-refractivity contribution >= 4 is 17.6 Å². The van der Waals surface area contributed by atoms with Crippen LogP contribution in [0.1, 0.15) is 38.1 Å². The van der Waals surface area contributed by atoms with Gasteiger partial charge in [0.15, 0.2) is 5.75 Å².